The third kappa shape index (κ3) is 4.44. The summed E-state index contributed by atoms with van der Waals surface area (Å²) in [5.74, 6) is -0.415. The third-order valence-electron chi connectivity index (χ3n) is 1.34. The van der Waals surface area contributed by atoms with Crippen LogP contribution in [-0.4, -0.2) is 23.1 Å². The van der Waals surface area contributed by atoms with Gasteiger partial charge in [0.05, 0.1) is 0 Å². The summed E-state index contributed by atoms with van der Waals surface area (Å²) in [5.41, 5.74) is 0.386. The predicted molar refractivity (Wildman–Crippen MR) is 56.0 cm³/mol. The molecule has 1 amide bonds. The molecule has 0 radical (unpaired) electrons. The Hall–Kier alpha value is -1.59. The quantitative estimate of drug-likeness (QED) is 0.325. The highest BCUT2D eigenvalue weighted by molar-refractivity contribution is 6.51. The second-order valence-electron chi connectivity index (χ2n) is 2.44. The first kappa shape index (κ1) is 12.4. The minimum atomic E-state index is -1.63. The Morgan fingerprint density at radius 3 is 2.21 bits per heavy atom. The molecule has 0 saturated carbocycles. The zero-order valence-electron chi connectivity index (χ0n) is 7.73. The highest BCUT2D eigenvalue weighted by Gasteiger charge is 2.11. The van der Waals surface area contributed by atoms with Crippen LogP contribution in [-0.2, 0) is 4.79 Å². The van der Waals surface area contributed by atoms with E-state index in [0.29, 0.717) is 0 Å². The van der Waals surface area contributed by atoms with Crippen molar-refractivity contribution in [3.05, 3.63) is 49.1 Å². The molecular weight excluding hydrogens is 181 g/mol. The van der Waals surface area contributed by atoms with Crippen molar-refractivity contribution in [3.8, 4) is 0 Å². The average Bonchev–Trinajstić information content (AvgIpc) is 2.13. The molecule has 0 aliphatic heterocycles. The van der Waals surface area contributed by atoms with Gasteiger partial charge in [-0.25, -0.2) is 0 Å². The highest BCUT2D eigenvalue weighted by atomic mass is 16.4. The number of hydrogen-bond acceptors (Lipinski definition) is 3. The molecule has 0 aromatic rings. The third-order valence-corrected chi connectivity index (χ3v) is 1.34. The Labute approximate surface area is 83.1 Å². The van der Waals surface area contributed by atoms with Gasteiger partial charge in [-0.3, -0.25) is 4.79 Å². The van der Waals surface area contributed by atoms with Crippen molar-refractivity contribution in [2.45, 2.75) is 0 Å². The Morgan fingerprint density at radius 2 is 1.86 bits per heavy atom. The van der Waals surface area contributed by atoms with Crippen LogP contribution in [0.25, 0.3) is 0 Å². The normalized spacial score (nSPS) is 10.3. The van der Waals surface area contributed by atoms with Crippen molar-refractivity contribution in [2.75, 3.05) is 0 Å². The van der Waals surface area contributed by atoms with Gasteiger partial charge in [0.2, 0.25) is 5.91 Å². The van der Waals surface area contributed by atoms with Crippen LogP contribution in [0.4, 0.5) is 0 Å². The van der Waals surface area contributed by atoms with E-state index in [9.17, 15) is 4.79 Å². The van der Waals surface area contributed by atoms with Gasteiger partial charge in [0.15, 0.2) is 0 Å². The van der Waals surface area contributed by atoms with Crippen LogP contribution in [0.5, 0.6) is 0 Å². The van der Waals surface area contributed by atoms with Crippen LogP contribution in [0.3, 0.4) is 0 Å². The predicted octanol–water partition coefficient (Wildman–Crippen LogP) is -0.0733. The van der Waals surface area contributed by atoms with Crippen molar-refractivity contribution >= 4 is 13.0 Å². The summed E-state index contributed by atoms with van der Waals surface area (Å²) >= 11 is 0. The molecular formula is C9H12BNO3. The molecule has 0 aromatic heterocycles. The number of nitrogens with one attached hydrogen (secondary N) is 1. The first-order valence-corrected chi connectivity index (χ1v) is 3.83. The lowest BCUT2D eigenvalue weighted by atomic mass is 9.79. The van der Waals surface area contributed by atoms with E-state index in [4.69, 9.17) is 10.0 Å². The van der Waals surface area contributed by atoms with Crippen LogP contribution >= 0.6 is 0 Å². The molecule has 74 valence electrons. The van der Waals surface area contributed by atoms with E-state index in [1.54, 1.807) is 0 Å². The first-order valence-electron chi connectivity index (χ1n) is 3.83. The Morgan fingerprint density at radius 1 is 1.29 bits per heavy atom. The van der Waals surface area contributed by atoms with Gasteiger partial charge in [0.25, 0.3) is 0 Å². The second-order valence-corrected chi connectivity index (χ2v) is 2.44. The average molecular weight is 193 g/mol. The zero-order chi connectivity index (χ0) is 11.1. The van der Waals surface area contributed by atoms with Crippen molar-refractivity contribution in [1.82, 2.24) is 5.32 Å². The lowest BCUT2D eigenvalue weighted by Crippen LogP contribution is -2.20. The maximum absolute atomic E-state index is 10.8. The van der Waals surface area contributed by atoms with Gasteiger partial charge in [-0.15, -0.1) is 0 Å². The molecule has 0 fully saturated rings. The van der Waals surface area contributed by atoms with Gasteiger partial charge >= 0.3 is 7.12 Å². The maximum Gasteiger partial charge on any atom is 0.488 e. The Balaban J connectivity index is 4.47. The number of hydrogen-bond donors (Lipinski definition) is 3. The van der Waals surface area contributed by atoms with Gasteiger partial charge < -0.3 is 15.4 Å². The van der Waals surface area contributed by atoms with E-state index in [0.717, 1.165) is 6.08 Å². The summed E-state index contributed by atoms with van der Waals surface area (Å²) in [5, 5.41) is 19.9. The fourth-order valence-corrected chi connectivity index (χ4v) is 0.685. The lowest BCUT2D eigenvalue weighted by Gasteiger charge is -2.03. The van der Waals surface area contributed by atoms with Crippen molar-refractivity contribution in [3.63, 3.8) is 0 Å². The smallest absolute Gasteiger partial charge is 0.423 e. The molecule has 14 heavy (non-hydrogen) atoms. The van der Waals surface area contributed by atoms with Crippen LogP contribution in [0.15, 0.2) is 49.1 Å². The van der Waals surface area contributed by atoms with Gasteiger partial charge in [0, 0.05) is 5.70 Å². The topological polar surface area (TPSA) is 69.6 Å². The lowest BCUT2D eigenvalue weighted by molar-refractivity contribution is -0.115. The highest BCUT2D eigenvalue weighted by Crippen LogP contribution is 2.01. The molecule has 0 aliphatic rings. The molecule has 4 nitrogen and oxygen atoms in total. The molecule has 0 aromatic carbocycles. The number of carbonyl (C=O) groups excluding carboxylic acids is 1. The maximum atomic E-state index is 10.8. The van der Waals surface area contributed by atoms with Crippen LogP contribution in [0.1, 0.15) is 0 Å². The van der Waals surface area contributed by atoms with Crippen LogP contribution in [0.2, 0.25) is 0 Å². The minimum Gasteiger partial charge on any atom is -0.423 e. The molecule has 0 spiro atoms. The number of carbonyl (C=O) groups is 1. The molecule has 0 unspecified atom stereocenters. The molecule has 0 bridgehead atoms. The largest absolute Gasteiger partial charge is 0.488 e. The second kappa shape index (κ2) is 5.96. The van der Waals surface area contributed by atoms with Gasteiger partial charge in [-0.2, -0.15) is 0 Å². The van der Waals surface area contributed by atoms with Gasteiger partial charge in [-0.05, 0) is 17.6 Å². The zero-order valence-corrected chi connectivity index (χ0v) is 7.73. The van der Waals surface area contributed by atoms with E-state index >= 15 is 0 Å². The van der Waals surface area contributed by atoms with E-state index in [-0.39, 0.29) is 11.2 Å². The number of allylic oxidation sites excluding steroid dienone is 3. The van der Waals surface area contributed by atoms with Crippen LogP contribution < -0.4 is 5.32 Å². The van der Waals surface area contributed by atoms with E-state index in [1.165, 1.54) is 12.2 Å². The summed E-state index contributed by atoms with van der Waals surface area (Å²) in [6.07, 6.45) is 3.65. The molecule has 0 aliphatic carbocycles. The number of amides is 1. The summed E-state index contributed by atoms with van der Waals surface area (Å²) in [6.45, 7) is 10.1. The standard InChI is InChI=1S/C9H12BNO3/c1-4-8(10(13)14)6-7(3)11-9(12)5-2/h4-6,13-14H,1-3H2,(H,11,12)/b8-6+. The molecule has 0 atom stereocenters. The molecule has 0 rings (SSSR count). The Bertz CT molecular complexity index is 294. The van der Waals surface area contributed by atoms with Crippen molar-refractivity contribution in [2.24, 2.45) is 0 Å². The molecule has 0 saturated heterocycles. The van der Waals surface area contributed by atoms with Crippen LogP contribution in [0, 0.1) is 0 Å². The monoisotopic (exact) mass is 193 g/mol. The van der Waals surface area contributed by atoms with Crippen molar-refractivity contribution in [1.29, 1.82) is 0 Å². The van der Waals surface area contributed by atoms with Gasteiger partial charge in [0.1, 0.15) is 0 Å². The summed E-state index contributed by atoms with van der Waals surface area (Å²) in [7, 11) is -1.63. The van der Waals surface area contributed by atoms with E-state index in [1.807, 2.05) is 0 Å². The number of rotatable bonds is 5. The summed E-state index contributed by atoms with van der Waals surface area (Å²) in [6, 6.07) is 0. The molecule has 0 heterocycles. The summed E-state index contributed by atoms with van der Waals surface area (Å²) < 4.78 is 0. The first-order chi connectivity index (χ1) is 6.51. The fraction of sp³-hybridized carbons (Fsp3) is 0. The van der Waals surface area contributed by atoms with Gasteiger partial charge in [-0.1, -0.05) is 25.8 Å². The van der Waals surface area contributed by atoms with E-state index in [2.05, 4.69) is 25.1 Å². The molecule has 3 N–H and O–H groups in total. The Kier molecular flexibility index (Phi) is 5.28. The molecule has 5 heteroatoms. The van der Waals surface area contributed by atoms with E-state index < -0.39 is 13.0 Å². The van der Waals surface area contributed by atoms with Crippen molar-refractivity contribution < 1.29 is 14.8 Å². The summed E-state index contributed by atoms with van der Waals surface area (Å²) in [4.78, 5) is 10.8. The minimum absolute atomic E-state index is 0.152. The fourth-order valence-electron chi connectivity index (χ4n) is 0.685. The SMILES string of the molecule is C=CC(=O)NC(=C)/C=C(\C=C)B(O)O.